The molecule has 0 radical (unpaired) electrons. The molecule has 0 fully saturated rings. The van der Waals surface area contributed by atoms with Gasteiger partial charge in [-0.3, -0.25) is 9.59 Å². The zero-order chi connectivity index (χ0) is 25.0. The third-order valence-corrected chi connectivity index (χ3v) is 5.91. The maximum atomic E-state index is 13.5. The van der Waals surface area contributed by atoms with Gasteiger partial charge >= 0.3 is 0 Å². The monoisotopic (exact) mass is 476 g/mol. The van der Waals surface area contributed by atoms with E-state index in [9.17, 15) is 9.59 Å². The molecule has 0 unspecified atom stereocenters. The zero-order valence-corrected chi connectivity index (χ0v) is 21.0. The first kappa shape index (κ1) is 26.2. The summed E-state index contributed by atoms with van der Waals surface area (Å²) in [6, 6.07) is 21.3. The van der Waals surface area contributed by atoms with Gasteiger partial charge in [-0.2, -0.15) is 0 Å². The summed E-state index contributed by atoms with van der Waals surface area (Å²) in [6.45, 7) is 5.45. The second-order valence-electron chi connectivity index (χ2n) is 8.77. The number of benzene rings is 2. The Labute approximate surface area is 208 Å². The van der Waals surface area contributed by atoms with Crippen LogP contribution in [0.3, 0.4) is 0 Å². The lowest BCUT2D eigenvalue weighted by atomic mass is 10.1. The van der Waals surface area contributed by atoms with E-state index in [1.54, 1.807) is 16.9 Å². The fourth-order valence-corrected chi connectivity index (χ4v) is 3.89. The number of aryl methyl sites for hydroxylation is 2. The van der Waals surface area contributed by atoms with Crippen LogP contribution in [0.1, 0.15) is 52.8 Å². The molecular formula is C29H36N2O4. The topological polar surface area (TPSA) is 63.0 Å². The van der Waals surface area contributed by atoms with Crippen molar-refractivity contribution < 1.29 is 18.7 Å². The van der Waals surface area contributed by atoms with Gasteiger partial charge < -0.3 is 19.0 Å². The molecule has 2 aromatic carbocycles. The van der Waals surface area contributed by atoms with Gasteiger partial charge in [0.2, 0.25) is 5.91 Å². The van der Waals surface area contributed by atoms with E-state index in [0.717, 1.165) is 30.6 Å². The summed E-state index contributed by atoms with van der Waals surface area (Å²) < 4.78 is 11.0. The molecule has 35 heavy (non-hydrogen) atoms. The lowest BCUT2D eigenvalue weighted by molar-refractivity contribution is -0.133. The van der Waals surface area contributed by atoms with Gasteiger partial charge in [0.25, 0.3) is 5.91 Å². The summed E-state index contributed by atoms with van der Waals surface area (Å²) in [5.41, 5.74) is 2.80. The molecule has 0 saturated heterocycles. The predicted molar refractivity (Wildman–Crippen MR) is 137 cm³/mol. The van der Waals surface area contributed by atoms with Crippen molar-refractivity contribution in [3.05, 3.63) is 94.9 Å². The fourth-order valence-electron chi connectivity index (χ4n) is 3.89. The summed E-state index contributed by atoms with van der Waals surface area (Å²) >= 11 is 0. The molecule has 1 aromatic heterocycles. The van der Waals surface area contributed by atoms with Crippen molar-refractivity contribution in [1.29, 1.82) is 0 Å². The van der Waals surface area contributed by atoms with Crippen LogP contribution in [0.2, 0.25) is 0 Å². The van der Waals surface area contributed by atoms with E-state index in [1.807, 2.05) is 73.7 Å². The summed E-state index contributed by atoms with van der Waals surface area (Å²) in [6.07, 6.45) is 3.25. The Bertz CT molecular complexity index is 1060. The number of hydrogen-bond acceptors (Lipinski definition) is 4. The Balaban J connectivity index is 1.76. The van der Waals surface area contributed by atoms with E-state index in [0.29, 0.717) is 37.6 Å². The third kappa shape index (κ3) is 8.11. The Morgan fingerprint density at radius 3 is 2.26 bits per heavy atom. The molecule has 2 amide bonds. The van der Waals surface area contributed by atoms with Crippen LogP contribution in [0, 0.1) is 6.92 Å². The Hall–Kier alpha value is -3.38. The van der Waals surface area contributed by atoms with Gasteiger partial charge in [0.05, 0.1) is 13.2 Å². The van der Waals surface area contributed by atoms with Crippen molar-refractivity contribution in [1.82, 2.24) is 9.80 Å². The van der Waals surface area contributed by atoms with Crippen LogP contribution in [-0.4, -0.2) is 48.4 Å². The molecule has 0 atom stereocenters. The Kier molecular flexibility index (Phi) is 10.1. The molecule has 3 aromatic rings. The van der Waals surface area contributed by atoms with Gasteiger partial charge in [-0.25, -0.2) is 0 Å². The minimum atomic E-state index is -0.175. The number of carbonyl (C=O) groups excluding carboxylic acids is 2. The number of methoxy groups -OCH3 is 1. The minimum Gasteiger partial charge on any atom is -0.464 e. The summed E-state index contributed by atoms with van der Waals surface area (Å²) in [5, 5.41) is 0. The van der Waals surface area contributed by atoms with E-state index in [-0.39, 0.29) is 18.4 Å². The standard InChI is InChI=1S/C29H36N2O4/c1-4-5-9-24-13-15-26(16-14-24)29(33)30(18-19-34-3)22-28(32)31(20-25-10-7-6-8-11-25)21-27-17-12-23(2)35-27/h6-8,10-17H,4-5,9,18-22H2,1-3H3. The van der Waals surface area contributed by atoms with Crippen molar-refractivity contribution in [3.63, 3.8) is 0 Å². The lowest BCUT2D eigenvalue weighted by Gasteiger charge is -2.27. The summed E-state index contributed by atoms with van der Waals surface area (Å²) in [7, 11) is 1.59. The van der Waals surface area contributed by atoms with E-state index >= 15 is 0 Å². The molecule has 3 rings (SSSR count). The number of carbonyl (C=O) groups is 2. The molecule has 0 N–H and O–H groups in total. The number of hydrogen-bond donors (Lipinski definition) is 0. The quantitative estimate of drug-likeness (QED) is 0.338. The van der Waals surface area contributed by atoms with Crippen LogP contribution in [-0.2, 0) is 29.0 Å². The molecule has 6 nitrogen and oxygen atoms in total. The van der Waals surface area contributed by atoms with Gasteiger partial charge in [-0.1, -0.05) is 55.8 Å². The highest BCUT2D eigenvalue weighted by atomic mass is 16.5. The van der Waals surface area contributed by atoms with E-state index in [1.165, 1.54) is 5.56 Å². The number of ether oxygens (including phenoxy) is 1. The summed E-state index contributed by atoms with van der Waals surface area (Å²) in [4.78, 5) is 30.1. The van der Waals surface area contributed by atoms with Crippen molar-refractivity contribution in [2.24, 2.45) is 0 Å². The maximum Gasteiger partial charge on any atom is 0.254 e. The third-order valence-electron chi connectivity index (χ3n) is 5.91. The molecule has 0 bridgehead atoms. The number of rotatable bonds is 13. The average Bonchev–Trinajstić information content (AvgIpc) is 3.29. The van der Waals surface area contributed by atoms with Crippen LogP contribution < -0.4 is 0 Å². The van der Waals surface area contributed by atoms with Crippen LogP contribution in [0.25, 0.3) is 0 Å². The zero-order valence-electron chi connectivity index (χ0n) is 21.0. The lowest BCUT2D eigenvalue weighted by Crippen LogP contribution is -2.43. The highest BCUT2D eigenvalue weighted by Crippen LogP contribution is 2.15. The van der Waals surface area contributed by atoms with Crippen LogP contribution in [0.5, 0.6) is 0 Å². The average molecular weight is 477 g/mol. The largest absolute Gasteiger partial charge is 0.464 e. The van der Waals surface area contributed by atoms with Gasteiger partial charge in [-0.15, -0.1) is 0 Å². The van der Waals surface area contributed by atoms with Crippen molar-refractivity contribution >= 4 is 11.8 Å². The number of unbranched alkanes of at least 4 members (excludes halogenated alkanes) is 1. The first-order valence-corrected chi connectivity index (χ1v) is 12.2. The van der Waals surface area contributed by atoms with Crippen LogP contribution in [0.15, 0.2) is 71.1 Å². The fraction of sp³-hybridized carbons (Fsp3) is 0.379. The second-order valence-corrected chi connectivity index (χ2v) is 8.77. The first-order chi connectivity index (χ1) is 17.0. The Morgan fingerprint density at radius 2 is 1.63 bits per heavy atom. The van der Waals surface area contributed by atoms with Gasteiger partial charge in [0.1, 0.15) is 18.1 Å². The smallest absolute Gasteiger partial charge is 0.254 e. The maximum absolute atomic E-state index is 13.5. The predicted octanol–water partition coefficient (Wildman–Crippen LogP) is 5.25. The highest BCUT2D eigenvalue weighted by Gasteiger charge is 2.23. The molecule has 0 aliphatic heterocycles. The van der Waals surface area contributed by atoms with E-state index in [4.69, 9.17) is 9.15 Å². The van der Waals surface area contributed by atoms with Crippen molar-refractivity contribution in [3.8, 4) is 0 Å². The molecular weight excluding hydrogens is 440 g/mol. The minimum absolute atomic E-state index is 0.0354. The van der Waals surface area contributed by atoms with E-state index < -0.39 is 0 Å². The molecule has 1 heterocycles. The van der Waals surface area contributed by atoms with Gasteiger partial charge in [0, 0.05) is 25.8 Å². The molecule has 0 aliphatic carbocycles. The van der Waals surface area contributed by atoms with Crippen molar-refractivity contribution in [2.45, 2.75) is 46.2 Å². The molecule has 0 spiro atoms. The second kappa shape index (κ2) is 13.5. The SMILES string of the molecule is CCCCc1ccc(C(=O)N(CCOC)CC(=O)N(Cc2ccccc2)Cc2ccc(C)o2)cc1. The summed E-state index contributed by atoms with van der Waals surface area (Å²) in [5.74, 6) is 1.19. The number of nitrogens with zero attached hydrogens (tertiary/aromatic N) is 2. The van der Waals surface area contributed by atoms with Gasteiger partial charge in [-0.05, 0) is 55.2 Å². The van der Waals surface area contributed by atoms with E-state index in [2.05, 4.69) is 6.92 Å². The molecule has 6 heteroatoms. The number of amides is 2. The molecule has 0 aliphatic rings. The molecule has 186 valence electrons. The molecule has 0 saturated carbocycles. The normalized spacial score (nSPS) is 10.8. The number of furan rings is 1. The first-order valence-electron chi connectivity index (χ1n) is 12.2. The highest BCUT2D eigenvalue weighted by molar-refractivity contribution is 5.96. The van der Waals surface area contributed by atoms with Gasteiger partial charge in [0.15, 0.2) is 0 Å². The van der Waals surface area contributed by atoms with Crippen LogP contribution >= 0.6 is 0 Å². The Morgan fingerprint density at radius 1 is 0.886 bits per heavy atom. The van der Waals surface area contributed by atoms with Crippen molar-refractivity contribution in [2.75, 3.05) is 26.8 Å². The van der Waals surface area contributed by atoms with Crippen LogP contribution in [0.4, 0.5) is 0 Å².